The molecule has 3 amide bonds. The van der Waals surface area contributed by atoms with Crippen LogP contribution < -0.4 is 10.6 Å². The number of piperidine rings is 1. The first-order chi connectivity index (χ1) is 14.0. The fraction of sp³-hybridized carbons (Fsp3) is 0.400. The Morgan fingerprint density at radius 3 is 2.48 bits per heavy atom. The van der Waals surface area contributed by atoms with Crippen LogP contribution in [0.4, 0.5) is 15.6 Å². The average Bonchev–Trinajstić information content (AvgIpc) is 3.17. The van der Waals surface area contributed by atoms with Crippen LogP contribution in [0.3, 0.4) is 0 Å². The molecule has 29 heavy (non-hydrogen) atoms. The molecule has 1 aromatic heterocycles. The van der Waals surface area contributed by atoms with Gasteiger partial charge in [-0.3, -0.25) is 9.59 Å². The van der Waals surface area contributed by atoms with E-state index in [0.717, 1.165) is 16.9 Å². The minimum atomic E-state index is -0.319. The number of carbonyl (C=O) groups excluding carboxylic acids is 3. The van der Waals surface area contributed by atoms with Crippen LogP contribution in [0.25, 0.3) is 11.3 Å². The van der Waals surface area contributed by atoms with Gasteiger partial charge < -0.3 is 20.3 Å². The first-order valence-electron chi connectivity index (χ1n) is 9.52. The molecule has 0 radical (unpaired) electrons. The summed E-state index contributed by atoms with van der Waals surface area (Å²) in [7, 11) is 0. The van der Waals surface area contributed by atoms with Gasteiger partial charge in [0, 0.05) is 42.6 Å². The molecule has 2 heterocycles. The molecule has 1 aliphatic heterocycles. The number of nitrogens with one attached hydrogen (secondary N) is 2. The molecule has 154 valence electrons. The minimum absolute atomic E-state index is 0.0737. The smallest absolute Gasteiger partial charge is 0.409 e. The predicted molar refractivity (Wildman–Crippen MR) is 112 cm³/mol. The van der Waals surface area contributed by atoms with Crippen molar-refractivity contribution >= 4 is 40.1 Å². The molecule has 2 aromatic rings. The van der Waals surface area contributed by atoms with Crippen molar-refractivity contribution in [3.8, 4) is 11.3 Å². The second kappa shape index (κ2) is 9.51. The Morgan fingerprint density at radius 2 is 1.86 bits per heavy atom. The molecule has 0 aliphatic carbocycles. The molecule has 1 saturated heterocycles. The van der Waals surface area contributed by atoms with Gasteiger partial charge in [-0.25, -0.2) is 9.78 Å². The zero-order valence-corrected chi connectivity index (χ0v) is 17.3. The standard InChI is InChI=1S/C20H24N4O4S/c1-3-28-20(27)24-10-8-15(9-11-24)18(26)23-19-22-17(12-29-19)14-4-6-16(7-5-14)21-13(2)25/h4-7,12,15H,3,8-11H2,1-2H3,(H,21,25)(H,22,23,26). The quantitative estimate of drug-likeness (QED) is 0.776. The second-order valence-electron chi connectivity index (χ2n) is 6.75. The van der Waals surface area contributed by atoms with Crippen LogP contribution in [-0.2, 0) is 14.3 Å². The zero-order valence-electron chi connectivity index (χ0n) is 16.4. The fourth-order valence-electron chi connectivity index (χ4n) is 3.14. The number of thiazole rings is 1. The summed E-state index contributed by atoms with van der Waals surface area (Å²) in [5.41, 5.74) is 2.38. The summed E-state index contributed by atoms with van der Waals surface area (Å²) in [6, 6.07) is 7.37. The van der Waals surface area contributed by atoms with Gasteiger partial charge in [-0.1, -0.05) is 12.1 Å². The van der Waals surface area contributed by atoms with Crippen molar-refractivity contribution in [1.82, 2.24) is 9.88 Å². The van der Waals surface area contributed by atoms with Crippen molar-refractivity contribution in [1.29, 1.82) is 0 Å². The summed E-state index contributed by atoms with van der Waals surface area (Å²) in [5.74, 6) is -0.343. The lowest BCUT2D eigenvalue weighted by molar-refractivity contribution is -0.121. The highest BCUT2D eigenvalue weighted by Crippen LogP contribution is 2.27. The number of benzene rings is 1. The van der Waals surface area contributed by atoms with Crippen molar-refractivity contribution in [3.63, 3.8) is 0 Å². The number of nitrogens with zero attached hydrogens (tertiary/aromatic N) is 2. The molecule has 8 nitrogen and oxygen atoms in total. The third-order valence-corrected chi connectivity index (χ3v) is 5.38. The maximum absolute atomic E-state index is 12.5. The van der Waals surface area contributed by atoms with Crippen LogP contribution in [0, 0.1) is 5.92 Å². The molecule has 2 N–H and O–H groups in total. The van der Waals surface area contributed by atoms with Crippen molar-refractivity contribution in [2.24, 2.45) is 5.92 Å². The SMILES string of the molecule is CCOC(=O)N1CCC(C(=O)Nc2nc(-c3ccc(NC(C)=O)cc3)cs2)CC1. The lowest BCUT2D eigenvalue weighted by Gasteiger charge is -2.30. The number of anilines is 2. The third-order valence-electron chi connectivity index (χ3n) is 4.63. The van der Waals surface area contributed by atoms with Gasteiger partial charge in [-0.15, -0.1) is 11.3 Å². The van der Waals surface area contributed by atoms with E-state index in [0.29, 0.717) is 37.7 Å². The molecule has 3 rings (SSSR count). The highest BCUT2D eigenvalue weighted by Gasteiger charge is 2.28. The van der Waals surface area contributed by atoms with E-state index < -0.39 is 0 Å². The normalized spacial score (nSPS) is 14.3. The molecular weight excluding hydrogens is 392 g/mol. The molecule has 0 spiro atoms. The van der Waals surface area contributed by atoms with Gasteiger partial charge in [0.2, 0.25) is 11.8 Å². The lowest BCUT2D eigenvalue weighted by atomic mass is 9.96. The van der Waals surface area contributed by atoms with Gasteiger partial charge in [0.05, 0.1) is 12.3 Å². The van der Waals surface area contributed by atoms with Crippen molar-refractivity contribution < 1.29 is 19.1 Å². The lowest BCUT2D eigenvalue weighted by Crippen LogP contribution is -2.41. The maximum Gasteiger partial charge on any atom is 0.409 e. The topological polar surface area (TPSA) is 101 Å². The Kier molecular flexibility index (Phi) is 6.82. The third kappa shape index (κ3) is 5.54. The van der Waals surface area contributed by atoms with Crippen LogP contribution >= 0.6 is 11.3 Å². The summed E-state index contributed by atoms with van der Waals surface area (Å²) < 4.78 is 5.00. The number of amides is 3. The van der Waals surface area contributed by atoms with Crippen molar-refractivity contribution in [2.45, 2.75) is 26.7 Å². The van der Waals surface area contributed by atoms with Crippen molar-refractivity contribution in [3.05, 3.63) is 29.6 Å². The van der Waals surface area contributed by atoms with E-state index >= 15 is 0 Å². The number of carbonyl (C=O) groups is 3. The Labute approximate surface area is 173 Å². The van der Waals surface area contributed by atoms with Gasteiger partial charge in [0.1, 0.15) is 0 Å². The number of aromatic nitrogens is 1. The molecule has 0 saturated carbocycles. The second-order valence-corrected chi connectivity index (χ2v) is 7.60. The van der Waals surface area contributed by atoms with E-state index in [1.807, 2.05) is 29.6 Å². The van der Waals surface area contributed by atoms with E-state index in [4.69, 9.17) is 4.74 Å². The van der Waals surface area contributed by atoms with E-state index in [1.165, 1.54) is 18.3 Å². The van der Waals surface area contributed by atoms with Crippen LogP contribution in [0.5, 0.6) is 0 Å². The van der Waals surface area contributed by atoms with Crippen LogP contribution in [0.2, 0.25) is 0 Å². The average molecular weight is 417 g/mol. The van der Waals surface area contributed by atoms with E-state index in [2.05, 4.69) is 15.6 Å². The Morgan fingerprint density at radius 1 is 1.17 bits per heavy atom. The molecule has 1 aliphatic rings. The van der Waals surface area contributed by atoms with Crippen molar-refractivity contribution in [2.75, 3.05) is 30.3 Å². The fourth-order valence-corrected chi connectivity index (χ4v) is 3.86. The molecule has 9 heteroatoms. The summed E-state index contributed by atoms with van der Waals surface area (Å²) in [6.07, 6.45) is 0.890. The summed E-state index contributed by atoms with van der Waals surface area (Å²) >= 11 is 1.37. The van der Waals surface area contributed by atoms with Gasteiger partial charge in [-0.05, 0) is 31.9 Å². The Balaban J connectivity index is 1.54. The van der Waals surface area contributed by atoms with Crippen LogP contribution in [0.15, 0.2) is 29.6 Å². The monoisotopic (exact) mass is 416 g/mol. The highest BCUT2D eigenvalue weighted by atomic mass is 32.1. The Bertz CT molecular complexity index is 873. The maximum atomic E-state index is 12.5. The number of likely N-dealkylation sites (tertiary alicyclic amines) is 1. The van der Waals surface area contributed by atoms with E-state index in [1.54, 1.807) is 11.8 Å². The summed E-state index contributed by atoms with van der Waals surface area (Å²) in [6.45, 7) is 4.62. The van der Waals surface area contributed by atoms with Gasteiger partial charge in [-0.2, -0.15) is 0 Å². The van der Waals surface area contributed by atoms with Crippen LogP contribution in [0.1, 0.15) is 26.7 Å². The number of hydrogen-bond acceptors (Lipinski definition) is 6. The molecule has 1 aromatic carbocycles. The van der Waals surface area contributed by atoms with E-state index in [-0.39, 0.29) is 23.8 Å². The van der Waals surface area contributed by atoms with Gasteiger partial charge >= 0.3 is 6.09 Å². The zero-order chi connectivity index (χ0) is 20.8. The first kappa shape index (κ1) is 20.8. The predicted octanol–water partition coefficient (Wildman–Crippen LogP) is 3.58. The number of ether oxygens (including phenoxy) is 1. The van der Waals surface area contributed by atoms with E-state index in [9.17, 15) is 14.4 Å². The summed E-state index contributed by atoms with van der Waals surface area (Å²) in [5, 5.41) is 8.03. The molecule has 1 fully saturated rings. The number of rotatable bonds is 5. The first-order valence-corrected chi connectivity index (χ1v) is 10.4. The summed E-state index contributed by atoms with van der Waals surface area (Å²) in [4.78, 5) is 41.5. The molecule has 0 atom stereocenters. The Hall–Kier alpha value is -2.94. The highest BCUT2D eigenvalue weighted by molar-refractivity contribution is 7.14. The van der Waals surface area contributed by atoms with Crippen LogP contribution in [-0.4, -0.2) is 47.5 Å². The largest absolute Gasteiger partial charge is 0.450 e. The molecule has 0 unspecified atom stereocenters. The molecular formula is C20H24N4O4S. The van der Waals surface area contributed by atoms with Gasteiger partial charge in [0.25, 0.3) is 0 Å². The van der Waals surface area contributed by atoms with Gasteiger partial charge in [0.15, 0.2) is 5.13 Å². The minimum Gasteiger partial charge on any atom is -0.450 e. The number of hydrogen-bond donors (Lipinski definition) is 2. The molecule has 0 bridgehead atoms.